The van der Waals surface area contributed by atoms with E-state index < -0.39 is 0 Å². The maximum absolute atomic E-state index is 2.69. The topological polar surface area (TPSA) is 6.48 Å². The van der Waals surface area contributed by atoms with Crippen molar-refractivity contribution in [2.45, 2.75) is 88.4 Å². The summed E-state index contributed by atoms with van der Waals surface area (Å²) >= 11 is 0. The number of hydrogen-bond acceptors (Lipinski definition) is 2. The van der Waals surface area contributed by atoms with Gasteiger partial charge in [0.05, 0.1) is 11.4 Å². The predicted octanol–water partition coefficient (Wildman–Crippen LogP) is 17.1. The van der Waals surface area contributed by atoms with Gasteiger partial charge >= 0.3 is 0 Å². The molecule has 66 heavy (non-hydrogen) atoms. The Morgan fingerprint density at radius 3 is 1.64 bits per heavy atom. The molecule has 8 aromatic rings. The maximum atomic E-state index is 2.69. The van der Waals surface area contributed by atoms with E-state index in [4.69, 9.17) is 0 Å². The van der Waals surface area contributed by atoms with Crippen molar-refractivity contribution < 1.29 is 0 Å². The molecule has 2 saturated carbocycles. The summed E-state index contributed by atoms with van der Waals surface area (Å²) in [6, 6.07) is 72.0. The van der Waals surface area contributed by atoms with Crippen LogP contribution in [0.3, 0.4) is 0 Å². The molecule has 3 atom stereocenters. The summed E-state index contributed by atoms with van der Waals surface area (Å²) < 4.78 is 0. The molecular formula is C64H58N2. The van der Waals surface area contributed by atoms with Crippen molar-refractivity contribution in [3.05, 3.63) is 227 Å². The minimum absolute atomic E-state index is 0.133. The Bertz CT molecular complexity index is 3120. The summed E-state index contributed by atoms with van der Waals surface area (Å²) in [5.74, 6) is 1.63. The molecule has 0 saturated heterocycles. The number of fused-ring (bicyclic) bond motifs is 5. The van der Waals surface area contributed by atoms with E-state index in [2.05, 4.69) is 212 Å². The predicted molar refractivity (Wildman–Crippen MR) is 275 cm³/mol. The van der Waals surface area contributed by atoms with Crippen molar-refractivity contribution in [1.82, 2.24) is 0 Å². The molecule has 0 aromatic heterocycles. The van der Waals surface area contributed by atoms with Gasteiger partial charge in [0.2, 0.25) is 0 Å². The molecule has 324 valence electrons. The van der Waals surface area contributed by atoms with E-state index in [1.807, 2.05) is 0 Å². The summed E-state index contributed by atoms with van der Waals surface area (Å²) in [5, 5.41) is 0. The molecule has 0 N–H and O–H groups in total. The lowest BCUT2D eigenvalue weighted by Crippen LogP contribution is -2.34. The molecule has 0 bridgehead atoms. The number of hydrogen-bond donors (Lipinski definition) is 0. The molecule has 2 heteroatoms. The molecule has 0 radical (unpaired) electrons. The van der Waals surface area contributed by atoms with E-state index in [0.29, 0.717) is 17.8 Å². The number of benzene rings is 8. The highest BCUT2D eigenvalue weighted by molar-refractivity contribution is 5.97. The SMILES string of the molecule is CC1(C)c2ccccc2-c2c(-c3ccccc3)cc(N(c3ccccc3)c3cccc4c3C35c6c(cccc6N(c6ccccc6)c6ccccc6C6CCCCC6)CC3CCC5C4)cc21. The smallest absolute Gasteiger partial charge is 0.0505 e. The second-order valence-corrected chi connectivity index (χ2v) is 20.6. The van der Waals surface area contributed by atoms with Crippen molar-refractivity contribution in [3.8, 4) is 22.3 Å². The first-order valence-corrected chi connectivity index (χ1v) is 24.9. The van der Waals surface area contributed by atoms with Crippen LogP contribution in [0.15, 0.2) is 188 Å². The number of anilines is 6. The average Bonchev–Trinajstić information content (AvgIpc) is 4.07. The summed E-state index contributed by atoms with van der Waals surface area (Å²) in [6.07, 6.45) is 11.3. The minimum atomic E-state index is -0.166. The lowest BCUT2D eigenvalue weighted by molar-refractivity contribution is 0.350. The van der Waals surface area contributed by atoms with Gasteiger partial charge in [0, 0.05) is 33.6 Å². The van der Waals surface area contributed by atoms with Gasteiger partial charge in [-0.2, -0.15) is 0 Å². The molecule has 0 heterocycles. The normalized spacial score (nSPS) is 20.8. The molecule has 2 nitrogen and oxygen atoms in total. The van der Waals surface area contributed by atoms with Gasteiger partial charge in [-0.1, -0.05) is 167 Å². The summed E-state index contributed by atoms with van der Waals surface area (Å²) in [5.41, 5.74) is 23.2. The highest BCUT2D eigenvalue weighted by Crippen LogP contribution is 2.69. The third-order valence-corrected chi connectivity index (χ3v) is 16.9. The first-order valence-electron chi connectivity index (χ1n) is 24.9. The van der Waals surface area contributed by atoms with E-state index >= 15 is 0 Å². The van der Waals surface area contributed by atoms with Crippen LogP contribution >= 0.6 is 0 Å². The zero-order valence-corrected chi connectivity index (χ0v) is 38.4. The highest BCUT2D eigenvalue weighted by Gasteiger charge is 2.62. The molecule has 1 spiro atoms. The van der Waals surface area contributed by atoms with Crippen LogP contribution in [-0.2, 0) is 23.7 Å². The Balaban J connectivity index is 1.06. The van der Waals surface area contributed by atoms with E-state index in [9.17, 15) is 0 Å². The Morgan fingerprint density at radius 2 is 0.970 bits per heavy atom. The van der Waals surface area contributed by atoms with Gasteiger partial charge in [-0.3, -0.25) is 0 Å². The number of para-hydroxylation sites is 3. The quantitative estimate of drug-likeness (QED) is 0.150. The first kappa shape index (κ1) is 39.7. The van der Waals surface area contributed by atoms with Gasteiger partial charge in [-0.05, 0) is 172 Å². The highest BCUT2D eigenvalue weighted by atomic mass is 15.2. The minimum Gasteiger partial charge on any atom is -0.310 e. The Morgan fingerprint density at radius 1 is 0.424 bits per heavy atom. The fraction of sp³-hybridized carbons (Fsp3) is 0.250. The summed E-state index contributed by atoms with van der Waals surface area (Å²) in [7, 11) is 0. The van der Waals surface area contributed by atoms with Gasteiger partial charge in [-0.15, -0.1) is 0 Å². The fourth-order valence-corrected chi connectivity index (χ4v) is 14.2. The fourth-order valence-electron chi connectivity index (χ4n) is 14.2. The van der Waals surface area contributed by atoms with Crippen molar-refractivity contribution >= 4 is 34.1 Å². The molecular weight excluding hydrogens is 797 g/mol. The maximum Gasteiger partial charge on any atom is 0.0505 e. The van der Waals surface area contributed by atoms with Gasteiger partial charge in [0.1, 0.15) is 0 Å². The van der Waals surface area contributed by atoms with Gasteiger partial charge in [0.15, 0.2) is 0 Å². The Hall–Kier alpha value is -6.64. The molecule has 13 rings (SSSR count). The molecule has 3 unspecified atom stereocenters. The molecule has 0 amide bonds. The average molecular weight is 855 g/mol. The Kier molecular flexibility index (Phi) is 9.31. The monoisotopic (exact) mass is 854 g/mol. The zero-order valence-electron chi connectivity index (χ0n) is 38.4. The van der Waals surface area contributed by atoms with Crippen LogP contribution in [-0.4, -0.2) is 0 Å². The van der Waals surface area contributed by atoms with Crippen molar-refractivity contribution in [1.29, 1.82) is 0 Å². The van der Waals surface area contributed by atoms with E-state index in [1.165, 1.54) is 129 Å². The zero-order chi connectivity index (χ0) is 44.0. The van der Waals surface area contributed by atoms with E-state index in [-0.39, 0.29) is 10.8 Å². The lowest BCUT2D eigenvalue weighted by atomic mass is 9.68. The van der Waals surface area contributed by atoms with Crippen LogP contribution in [0.25, 0.3) is 22.3 Å². The largest absolute Gasteiger partial charge is 0.310 e. The van der Waals surface area contributed by atoms with Gasteiger partial charge in [-0.25, -0.2) is 0 Å². The van der Waals surface area contributed by atoms with Crippen LogP contribution in [0.2, 0.25) is 0 Å². The molecule has 5 aliphatic carbocycles. The summed E-state index contributed by atoms with van der Waals surface area (Å²) in [4.78, 5) is 5.35. The third kappa shape index (κ3) is 5.86. The van der Waals surface area contributed by atoms with Crippen LogP contribution in [0.4, 0.5) is 34.1 Å². The molecule has 2 fully saturated rings. The molecule has 5 aliphatic rings. The van der Waals surface area contributed by atoms with Gasteiger partial charge in [0.25, 0.3) is 0 Å². The number of nitrogens with zero attached hydrogens (tertiary/aromatic N) is 2. The molecule has 8 aromatic carbocycles. The van der Waals surface area contributed by atoms with Crippen LogP contribution in [0, 0.1) is 11.8 Å². The second kappa shape index (κ2) is 15.5. The second-order valence-electron chi connectivity index (χ2n) is 20.6. The third-order valence-electron chi connectivity index (χ3n) is 16.9. The van der Waals surface area contributed by atoms with Crippen LogP contribution in [0.1, 0.15) is 104 Å². The Labute approximate surface area is 391 Å². The van der Waals surface area contributed by atoms with Crippen LogP contribution in [0.5, 0.6) is 0 Å². The van der Waals surface area contributed by atoms with Crippen LogP contribution < -0.4 is 9.80 Å². The van der Waals surface area contributed by atoms with E-state index in [1.54, 1.807) is 11.1 Å². The summed E-state index contributed by atoms with van der Waals surface area (Å²) in [6.45, 7) is 4.86. The van der Waals surface area contributed by atoms with Crippen molar-refractivity contribution in [2.24, 2.45) is 11.8 Å². The standard InChI is InChI=1S/C64H58N2/c1-63(2)55-33-17-15-32-53(55)60-54(44-23-9-4-10-24-44)41-51(42-56(60)63)65(49-27-11-5-12-28-49)58-35-19-25-45-39-47-37-38-48-40-46-26-20-36-59(62(46)64(47,48)61(45)58)66(50-29-13-6-14-30-50)57-34-18-16-31-52(57)43-21-7-3-8-22-43/h4-6,9-20,23-36,41-43,47-48H,3,7-8,21-22,37-40H2,1-2H3. The lowest BCUT2D eigenvalue weighted by Gasteiger charge is -2.41. The first-order chi connectivity index (χ1) is 32.5. The number of rotatable bonds is 8. The van der Waals surface area contributed by atoms with Crippen molar-refractivity contribution in [2.75, 3.05) is 9.80 Å². The molecule has 0 aliphatic heterocycles. The van der Waals surface area contributed by atoms with E-state index in [0.717, 1.165) is 12.8 Å². The van der Waals surface area contributed by atoms with Crippen molar-refractivity contribution in [3.63, 3.8) is 0 Å². The van der Waals surface area contributed by atoms with Gasteiger partial charge < -0.3 is 9.80 Å².